The molecule has 0 aromatic heterocycles. The zero-order valence-electron chi connectivity index (χ0n) is 22.0. The van der Waals surface area contributed by atoms with E-state index in [0.717, 1.165) is 0 Å². The third kappa shape index (κ3) is 8.56. The monoisotopic (exact) mass is 753 g/mol. The van der Waals surface area contributed by atoms with Gasteiger partial charge in [-0.25, -0.2) is 0 Å². The van der Waals surface area contributed by atoms with E-state index in [4.69, 9.17) is 0 Å². The first-order chi connectivity index (χ1) is 18.9. The summed E-state index contributed by atoms with van der Waals surface area (Å²) in [4.78, 5) is 0. The largest absolute Gasteiger partial charge is 0.147 e. The summed E-state index contributed by atoms with van der Waals surface area (Å²) < 4.78 is 0. The summed E-state index contributed by atoms with van der Waals surface area (Å²) in [6.45, 7) is 0. The van der Waals surface area contributed by atoms with E-state index in [-0.39, 0.29) is 32.5 Å². The molecular weight excluding hydrogens is 722 g/mol. The van der Waals surface area contributed by atoms with Crippen molar-refractivity contribution >= 4 is 60.1 Å². The molecule has 0 spiro atoms. The molecule has 4 heteroatoms. The molecule has 0 aliphatic carbocycles. The predicted octanol–water partition coefficient (Wildman–Crippen LogP) is 7.31. The summed E-state index contributed by atoms with van der Waals surface area (Å²) in [5.41, 5.74) is 0. The predicted molar refractivity (Wildman–Crippen MR) is 178 cm³/mol. The van der Waals surface area contributed by atoms with Crippen molar-refractivity contribution in [2.45, 2.75) is 0 Å². The van der Waals surface area contributed by atoms with Gasteiger partial charge in [0.25, 0.3) is 0 Å². The van der Waals surface area contributed by atoms with E-state index in [2.05, 4.69) is 182 Å². The number of hydrogen-bond donors (Lipinski definition) is 0. The fourth-order valence-electron chi connectivity index (χ4n) is 4.36. The van der Waals surface area contributed by atoms with Crippen LogP contribution in [-0.4, -0.2) is 0 Å². The van der Waals surface area contributed by atoms with E-state index in [1.165, 1.54) is 31.8 Å². The molecule has 6 aromatic carbocycles. The minimum atomic E-state index is -0.446. The average Bonchev–Trinajstić information content (AvgIpc) is 3.01. The molecule has 0 fully saturated rings. The molecule has 0 amide bonds. The maximum atomic E-state index is 2.23. The van der Waals surface area contributed by atoms with Gasteiger partial charge in [0, 0.05) is 20.1 Å². The Kier molecular flexibility index (Phi) is 13.5. The van der Waals surface area contributed by atoms with Gasteiger partial charge in [-0.2, -0.15) is 0 Å². The molecule has 6 aromatic rings. The second-order valence-corrected chi connectivity index (χ2v) is 13.1. The van der Waals surface area contributed by atoms with E-state index in [9.17, 15) is 0 Å². The van der Waals surface area contributed by atoms with Crippen LogP contribution < -0.4 is 31.8 Å². The second kappa shape index (κ2) is 17.0. The summed E-state index contributed by atoms with van der Waals surface area (Å²) in [7, 11) is -0.892. The van der Waals surface area contributed by atoms with Crippen molar-refractivity contribution in [3.8, 4) is 0 Å². The van der Waals surface area contributed by atoms with Crippen LogP contribution in [0.4, 0.5) is 0 Å². The van der Waals surface area contributed by atoms with Gasteiger partial charge in [0.1, 0.15) is 0 Å². The normalized spacial score (nSPS) is 10.1. The minimum Gasteiger partial charge on any atom is -0.147 e. The molecule has 6 rings (SSSR count). The van der Waals surface area contributed by atoms with Gasteiger partial charge in [-0.3, -0.25) is 0 Å². The fraction of sp³-hybridized carbons (Fsp3) is 0. The van der Waals surface area contributed by atoms with Crippen LogP contribution in [-0.2, 0) is 20.1 Å². The van der Waals surface area contributed by atoms with Gasteiger partial charge < -0.3 is 0 Å². The van der Waals surface area contributed by atoms with Crippen molar-refractivity contribution in [1.29, 1.82) is 0 Å². The van der Waals surface area contributed by atoms with Crippen LogP contribution in [0, 0.1) is 0 Å². The fourth-order valence-corrected chi connectivity index (χ4v) is 8.97. The Balaban J connectivity index is 0.000000210. The van der Waals surface area contributed by atoms with Crippen molar-refractivity contribution in [2.75, 3.05) is 0 Å². The molecule has 0 nitrogen and oxygen atoms in total. The molecule has 1 radical (unpaired) electrons. The van der Waals surface area contributed by atoms with Gasteiger partial charge in [0.05, 0.1) is 0 Å². The number of benzene rings is 6. The SMILES string of the molecule is Cl.[Ir].c1ccc(P(c2ccccc2)c2ccccc2)cc1.c1ccc(P(c2ccccc2)c2ccccc2)cc1. The van der Waals surface area contributed by atoms with Crippen LogP contribution in [0.15, 0.2) is 182 Å². The Bertz CT molecular complexity index is 1180. The smallest absolute Gasteiger partial charge is 0 e. The van der Waals surface area contributed by atoms with Crippen LogP contribution >= 0.6 is 28.3 Å². The Morgan fingerprint density at radius 3 is 0.475 bits per heavy atom. The Morgan fingerprint density at radius 2 is 0.350 bits per heavy atom. The van der Waals surface area contributed by atoms with Gasteiger partial charge in [0.2, 0.25) is 0 Å². The van der Waals surface area contributed by atoms with Crippen LogP contribution in [0.3, 0.4) is 0 Å². The Morgan fingerprint density at radius 1 is 0.225 bits per heavy atom. The van der Waals surface area contributed by atoms with Crippen LogP contribution in [0.2, 0.25) is 0 Å². The van der Waals surface area contributed by atoms with Crippen molar-refractivity contribution in [3.05, 3.63) is 182 Å². The third-order valence-electron chi connectivity index (χ3n) is 6.09. The maximum Gasteiger partial charge on any atom is 0 e. The van der Waals surface area contributed by atoms with Crippen LogP contribution in [0.5, 0.6) is 0 Å². The molecule has 0 bridgehead atoms. The quantitative estimate of drug-likeness (QED) is 0.157. The van der Waals surface area contributed by atoms with Gasteiger partial charge in [-0.15, -0.1) is 12.4 Å². The maximum absolute atomic E-state index is 2.23. The van der Waals surface area contributed by atoms with E-state index in [1.54, 1.807) is 0 Å². The number of hydrogen-bond acceptors (Lipinski definition) is 0. The summed E-state index contributed by atoms with van der Waals surface area (Å²) in [5, 5.41) is 8.39. The van der Waals surface area contributed by atoms with Crippen LogP contribution in [0.1, 0.15) is 0 Å². The van der Waals surface area contributed by atoms with Crippen molar-refractivity contribution in [3.63, 3.8) is 0 Å². The van der Waals surface area contributed by atoms with Crippen molar-refractivity contribution in [1.82, 2.24) is 0 Å². The minimum absolute atomic E-state index is 0. The van der Waals surface area contributed by atoms with Crippen LogP contribution in [0.25, 0.3) is 0 Å². The molecular formula is C36H31ClIrP2. The molecule has 0 saturated carbocycles. The molecule has 40 heavy (non-hydrogen) atoms. The standard InChI is InChI=1S/2C18H15P.ClH.Ir/c2*1-4-10-16(11-5-1)19(17-12-6-2-7-13-17)18-14-8-3-9-15-18;;/h2*1-15H;1H;. The Labute approximate surface area is 260 Å². The van der Waals surface area contributed by atoms with Crippen molar-refractivity contribution < 1.29 is 20.1 Å². The topological polar surface area (TPSA) is 0 Å². The Hall–Kier alpha value is -2.88. The third-order valence-corrected chi connectivity index (χ3v) is 11.0. The number of rotatable bonds is 6. The first kappa shape index (κ1) is 31.6. The van der Waals surface area contributed by atoms with Gasteiger partial charge >= 0.3 is 0 Å². The van der Waals surface area contributed by atoms with Gasteiger partial charge in [-0.1, -0.05) is 182 Å². The second-order valence-electron chi connectivity index (χ2n) is 8.68. The molecule has 0 heterocycles. The molecule has 0 unspecified atom stereocenters. The molecule has 0 atom stereocenters. The number of halogens is 1. The molecule has 0 saturated heterocycles. The molecule has 201 valence electrons. The summed E-state index contributed by atoms with van der Waals surface area (Å²) in [6, 6.07) is 64.7. The zero-order valence-corrected chi connectivity index (χ0v) is 27.0. The van der Waals surface area contributed by atoms with E-state index in [0.29, 0.717) is 0 Å². The summed E-state index contributed by atoms with van der Waals surface area (Å²) >= 11 is 0. The molecule has 0 aliphatic heterocycles. The van der Waals surface area contributed by atoms with Crippen molar-refractivity contribution in [2.24, 2.45) is 0 Å². The summed E-state index contributed by atoms with van der Waals surface area (Å²) in [5.74, 6) is 0. The first-order valence-electron chi connectivity index (χ1n) is 12.8. The van der Waals surface area contributed by atoms with E-state index < -0.39 is 15.8 Å². The average molecular weight is 753 g/mol. The summed E-state index contributed by atoms with van der Waals surface area (Å²) in [6.07, 6.45) is 0. The zero-order chi connectivity index (χ0) is 25.8. The molecule has 0 N–H and O–H groups in total. The van der Waals surface area contributed by atoms with Gasteiger partial charge in [-0.05, 0) is 47.7 Å². The van der Waals surface area contributed by atoms with Gasteiger partial charge in [0.15, 0.2) is 0 Å². The van der Waals surface area contributed by atoms with E-state index >= 15 is 0 Å². The van der Waals surface area contributed by atoms with E-state index in [1.807, 2.05) is 0 Å². The first-order valence-corrected chi connectivity index (χ1v) is 15.5. The molecule has 0 aliphatic rings.